The van der Waals surface area contributed by atoms with Crippen LogP contribution in [0.3, 0.4) is 0 Å². The molecular formula is C11H12IN2O7-. The topological polar surface area (TPSA) is 130 Å². The first-order valence-electron chi connectivity index (χ1n) is 5.76. The van der Waals surface area contributed by atoms with Crippen LogP contribution in [0.15, 0.2) is 12.2 Å². The van der Waals surface area contributed by atoms with Crippen LogP contribution in [0.1, 0.15) is 12.8 Å². The number of imide groups is 1. The van der Waals surface area contributed by atoms with E-state index in [1.807, 2.05) is 0 Å². The maximum atomic E-state index is 11.4. The van der Waals surface area contributed by atoms with Crippen LogP contribution in [0.5, 0.6) is 0 Å². The Bertz CT molecular complexity index is 487. The summed E-state index contributed by atoms with van der Waals surface area (Å²) in [5, 5.41) is 11.2. The fourth-order valence-electron chi connectivity index (χ4n) is 1.25. The van der Waals surface area contributed by atoms with Crippen molar-refractivity contribution in [2.24, 2.45) is 0 Å². The molecule has 2 N–H and O–H groups in total. The molecule has 0 saturated carbocycles. The monoisotopic (exact) mass is 411 g/mol. The number of amides is 3. The Kier molecular flexibility index (Phi) is 6.78. The molecule has 0 spiro atoms. The summed E-state index contributed by atoms with van der Waals surface area (Å²) in [4.78, 5) is 59.7. The van der Waals surface area contributed by atoms with Crippen molar-refractivity contribution < 1.29 is 55.1 Å². The van der Waals surface area contributed by atoms with Crippen molar-refractivity contribution in [2.45, 2.75) is 12.8 Å². The minimum absolute atomic E-state index is 0.0381. The second-order valence-corrected chi connectivity index (χ2v) is 6.42. The van der Waals surface area contributed by atoms with Crippen LogP contribution in [-0.2, 0) is 24.0 Å². The fourth-order valence-corrected chi connectivity index (χ4v) is 2.57. The maximum absolute atomic E-state index is 11.4. The van der Waals surface area contributed by atoms with Crippen LogP contribution in [0.4, 0.5) is 4.79 Å². The van der Waals surface area contributed by atoms with Crippen LogP contribution in [0.2, 0.25) is 0 Å². The van der Waals surface area contributed by atoms with E-state index in [1.54, 1.807) is 0 Å². The summed E-state index contributed by atoms with van der Waals surface area (Å²) >= 11 is -1.11. The van der Waals surface area contributed by atoms with Crippen molar-refractivity contribution >= 4 is 27.7 Å². The molecular weight excluding hydrogens is 399 g/mol. The van der Waals surface area contributed by atoms with E-state index < -0.39 is 48.9 Å². The number of halogens is 1. The third kappa shape index (κ3) is 6.33. The zero-order valence-corrected chi connectivity index (χ0v) is 12.9. The van der Waals surface area contributed by atoms with Crippen LogP contribution >= 0.6 is 0 Å². The zero-order valence-electron chi connectivity index (χ0n) is 10.7. The van der Waals surface area contributed by atoms with Gasteiger partial charge >= 0.3 is 129 Å². The van der Waals surface area contributed by atoms with Crippen LogP contribution in [-0.4, -0.2) is 48.8 Å². The molecule has 0 atom stereocenters. The van der Waals surface area contributed by atoms with Crippen molar-refractivity contribution in [3.05, 3.63) is 12.2 Å². The van der Waals surface area contributed by atoms with Gasteiger partial charge in [-0.25, -0.2) is 0 Å². The summed E-state index contributed by atoms with van der Waals surface area (Å²) in [7, 11) is 0. The molecule has 0 aromatic heterocycles. The number of hydrogen-bond donors (Lipinski definition) is 2. The normalized spacial score (nSPS) is 14.8. The summed E-state index contributed by atoms with van der Waals surface area (Å²) < 4.78 is -0.312. The van der Waals surface area contributed by atoms with Gasteiger partial charge in [0.15, 0.2) is 0 Å². The molecule has 0 bridgehead atoms. The van der Waals surface area contributed by atoms with Gasteiger partial charge in [-0.2, -0.15) is 0 Å². The summed E-state index contributed by atoms with van der Waals surface area (Å²) in [6.07, 6.45) is 1.64. The van der Waals surface area contributed by atoms with Crippen molar-refractivity contribution in [1.29, 1.82) is 0 Å². The number of hydrogen-bond acceptors (Lipinski definition) is 6. The van der Waals surface area contributed by atoms with E-state index >= 15 is 0 Å². The zero-order chi connectivity index (χ0) is 15.8. The standard InChI is InChI=1S/C11H12IN2O7/c15-7(1-4-10(18)19)13-6-5-12-11(20)21-14-8(16)2-3-9(14)17/h1,4H,2-3,5-6H2,(H,13,15)(H,18,19)/q-1/b4-1-. The number of hydroxylamine groups is 2. The summed E-state index contributed by atoms with van der Waals surface area (Å²) in [5.74, 6) is -2.89. The Labute approximate surface area is 129 Å². The van der Waals surface area contributed by atoms with Crippen LogP contribution in [0, 0.1) is 0 Å². The second kappa shape index (κ2) is 8.34. The first-order chi connectivity index (χ1) is 9.90. The Morgan fingerprint density at radius 3 is 2.43 bits per heavy atom. The molecule has 1 fully saturated rings. The number of carboxylic acids is 1. The molecule has 116 valence electrons. The third-order valence-corrected chi connectivity index (χ3v) is 4.04. The van der Waals surface area contributed by atoms with Crippen molar-refractivity contribution in [2.75, 3.05) is 11.0 Å². The van der Waals surface area contributed by atoms with Gasteiger partial charge in [0.25, 0.3) is 0 Å². The Morgan fingerprint density at radius 2 is 1.86 bits per heavy atom. The van der Waals surface area contributed by atoms with Gasteiger partial charge in [-0.3, -0.25) is 0 Å². The molecule has 0 unspecified atom stereocenters. The average Bonchev–Trinajstić information content (AvgIpc) is 2.73. The number of nitrogens with zero attached hydrogens (tertiary/aromatic N) is 1. The van der Waals surface area contributed by atoms with Gasteiger partial charge < -0.3 is 0 Å². The fraction of sp³-hybridized carbons (Fsp3) is 0.364. The molecule has 1 aliphatic heterocycles. The van der Waals surface area contributed by atoms with E-state index in [-0.39, 0.29) is 19.4 Å². The molecule has 3 amide bonds. The van der Waals surface area contributed by atoms with Crippen molar-refractivity contribution in [3.63, 3.8) is 0 Å². The van der Waals surface area contributed by atoms with Gasteiger partial charge in [-0.15, -0.1) is 0 Å². The molecule has 1 saturated heterocycles. The van der Waals surface area contributed by atoms with Crippen molar-refractivity contribution in [1.82, 2.24) is 10.4 Å². The van der Waals surface area contributed by atoms with Gasteiger partial charge in [0.05, 0.1) is 0 Å². The van der Waals surface area contributed by atoms with Gasteiger partial charge in [0.1, 0.15) is 0 Å². The Morgan fingerprint density at radius 1 is 1.24 bits per heavy atom. The number of alkyl halides is 1. The van der Waals surface area contributed by atoms with Crippen LogP contribution in [0.25, 0.3) is 0 Å². The van der Waals surface area contributed by atoms with E-state index in [1.165, 1.54) is 0 Å². The van der Waals surface area contributed by atoms with Crippen LogP contribution < -0.4 is 26.5 Å². The average molecular weight is 411 g/mol. The molecule has 1 rings (SSSR count). The van der Waals surface area contributed by atoms with Gasteiger partial charge in [0, 0.05) is 0 Å². The van der Waals surface area contributed by atoms with E-state index in [9.17, 15) is 24.0 Å². The number of aliphatic carboxylic acids is 1. The van der Waals surface area contributed by atoms with E-state index in [0.717, 1.165) is 6.08 Å². The summed E-state index contributed by atoms with van der Waals surface area (Å²) in [6, 6.07) is 0. The molecule has 0 aromatic rings. The Balaban J connectivity index is 2.19. The quantitative estimate of drug-likeness (QED) is 0.109. The molecule has 1 heterocycles. The number of carbonyl (C=O) groups excluding carboxylic acids is 4. The van der Waals surface area contributed by atoms with E-state index in [4.69, 9.17) is 5.11 Å². The summed E-state index contributed by atoms with van der Waals surface area (Å²) in [6.45, 7) is 0.174. The SMILES string of the molecule is O=C(O)/C=C\C(=O)NCC[I-]C(=O)ON1C(=O)CCC1=O. The number of nitrogens with one attached hydrogen (secondary N) is 1. The third-order valence-electron chi connectivity index (χ3n) is 2.14. The number of rotatable bonds is 7. The van der Waals surface area contributed by atoms with E-state index in [2.05, 4.69) is 10.2 Å². The molecule has 1 aliphatic rings. The molecule has 10 heteroatoms. The first kappa shape index (κ1) is 17.1. The number of carbonyl (C=O) groups is 5. The van der Waals surface area contributed by atoms with Gasteiger partial charge in [0.2, 0.25) is 0 Å². The number of carboxylic acid groups (broad SMARTS) is 1. The van der Waals surface area contributed by atoms with Gasteiger partial charge in [-0.1, -0.05) is 0 Å². The van der Waals surface area contributed by atoms with Gasteiger partial charge in [-0.05, 0) is 0 Å². The molecule has 21 heavy (non-hydrogen) atoms. The molecule has 0 radical (unpaired) electrons. The molecule has 0 aliphatic carbocycles. The predicted octanol–water partition coefficient (Wildman–Crippen LogP) is -3.97. The van der Waals surface area contributed by atoms with Crippen molar-refractivity contribution in [3.8, 4) is 0 Å². The predicted molar refractivity (Wildman–Crippen MR) is 62.2 cm³/mol. The van der Waals surface area contributed by atoms with E-state index in [0.29, 0.717) is 15.6 Å². The minimum atomic E-state index is -1.24. The summed E-state index contributed by atoms with van der Waals surface area (Å²) in [5.41, 5.74) is 0. The molecule has 9 nitrogen and oxygen atoms in total. The Hall–Kier alpha value is -1.98. The second-order valence-electron chi connectivity index (χ2n) is 3.70. The first-order valence-corrected chi connectivity index (χ1v) is 8.36. The molecule has 0 aromatic carbocycles.